The van der Waals surface area contributed by atoms with Crippen molar-refractivity contribution in [2.45, 2.75) is 85.4 Å². The topological polar surface area (TPSA) is 181 Å². The second kappa shape index (κ2) is 16.0. The maximum Gasteiger partial charge on any atom is 0.262 e. The Bertz CT molecular complexity index is 2320. The van der Waals surface area contributed by atoms with Crippen molar-refractivity contribution in [3.05, 3.63) is 75.1 Å². The van der Waals surface area contributed by atoms with Gasteiger partial charge in [-0.15, -0.1) is 0 Å². The van der Waals surface area contributed by atoms with Gasteiger partial charge in [-0.3, -0.25) is 39.1 Å². The molecule has 1 aromatic heterocycles. The number of benzene rings is 2. The largest absolute Gasteiger partial charge is 0.489 e. The van der Waals surface area contributed by atoms with Crippen LogP contribution in [0.2, 0.25) is 5.02 Å². The molecule has 16 heteroatoms. The number of nitriles is 1. The Labute approximate surface area is 360 Å². The van der Waals surface area contributed by atoms with E-state index in [9.17, 15) is 29.2 Å². The van der Waals surface area contributed by atoms with E-state index in [1.807, 2.05) is 19.9 Å². The Morgan fingerprint density at radius 1 is 0.885 bits per heavy atom. The summed E-state index contributed by atoms with van der Waals surface area (Å²) < 4.78 is 6.41. The Balaban J connectivity index is 0.819. The van der Waals surface area contributed by atoms with Gasteiger partial charge in [0.1, 0.15) is 24.0 Å². The van der Waals surface area contributed by atoms with Gasteiger partial charge >= 0.3 is 0 Å². The summed E-state index contributed by atoms with van der Waals surface area (Å²) in [6.45, 7) is 18.0. The molecule has 61 heavy (non-hydrogen) atoms. The number of amides is 5. The molecule has 4 aliphatic heterocycles. The molecule has 1 saturated carbocycles. The molecule has 0 bridgehead atoms. The molecule has 0 spiro atoms. The van der Waals surface area contributed by atoms with E-state index in [0.717, 1.165) is 69.2 Å². The second-order valence-electron chi connectivity index (χ2n) is 18.3. The number of rotatable bonds is 9. The van der Waals surface area contributed by atoms with Gasteiger partial charge in [0.05, 0.1) is 38.7 Å². The first-order valence-corrected chi connectivity index (χ1v) is 21.5. The van der Waals surface area contributed by atoms with E-state index >= 15 is 0 Å². The van der Waals surface area contributed by atoms with Crippen molar-refractivity contribution in [3.63, 3.8) is 0 Å². The number of fused-ring (bicyclic) bond motifs is 1. The molecule has 0 radical (unpaired) electrons. The maximum atomic E-state index is 13.9. The van der Waals surface area contributed by atoms with Crippen LogP contribution in [0.5, 0.6) is 5.75 Å². The van der Waals surface area contributed by atoms with Gasteiger partial charge in [-0.2, -0.15) is 5.26 Å². The molecule has 2 N–H and O–H groups in total. The molecule has 1 aliphatic carbocycles. The van der Waals surface area contributed by atoms with E-state index in [0.29, 0.717) is 50.7 Å². The quantitative estimate of drug-likeness (QED) is 0.285. The van der Waals surface area contributed by atoms with Crippen LogP contribution in [0.25, 0.3) is 0 Å². The number of aryl methyl sites for hydroxylation is 2. The highest BCUT2D eigenvalue weighted by Gasteiger charge is 2.64. The normalized spacial score (nSPS) is 23.9. The summed E-state index contributed by atoms with van der Waals surface area (Å²) >= 11 is 6.27. The van der Waals surface area contributed by atoms with Crippen LogP contribution in [-0.2, 0) is 9.59 Å². The molecule has 5 aliphatic rings. The predicted molar refractivity (Wildman–Crippen MR) is 228 cm³/mol. The van der Waals surface area contributed by atoms with E-state index in [4.69, 9.17) is 26.3 Å². The van der Waals surface area contributed by atoms with Gasteiger partial charge in [-0.05, 0) is 69.4 Å². The summed E-state index contributed by atoms with van der Waals surface area (Å²) in [5.74, 6) is -0.466. The first-order valence-electron chi connectivity index (χ1n) is 21.1. The van der Waals surface area contributed by atoms with Gasteiger partial charge < -0.3 is 19.9 Å². The van der Waals surface area contributed by atoms with Gasteiger partial charge in [-0.25, -0.2) is 9.97 Å². The Morgan fingerprint density at radius 3 is 2.16 bits per heavy atom. The number of anilines is 2. The molecule has 5 heterocycles. The Morgan fingerprint density at radius 2 is 1.54 bits per heavy atom. The van der Waals surface area contributed by atoms with Crippen LogP contribution in [0.4, 0.5) is 11.6 Å². The molecule has 320 valence electrons. The third-order valence-electron chi connectivity index (χ3n) is 13.5. The molecule has 3 saturated heterocycles. The molecular weight excluding hydrogens is 798 g/mol. The highest BCUT2D eigenvalue weighted by molar-refractivity contribution is 6.31. The molecule has 8 rings (SSSR count). The van der Waals surface area contributed by atoms with Crippen molar-refractivity contribution in [1.82, 2.24) is 30.4 Å². The van der Waals surface area contributed by atoms with Gasteiger partial charge in [0.25, 0.3) is 17.7 Å². The lowest BCUT2D eigenvalue weighted by molar-refractivity contribution is -0.164. The zero-order chi connectivity index (χ0) is 43.5. The summed E-state index contributed by atoms with van der Waals surface area (Å²) in [7, 11) is 0. The second-order valence-corrected chi connectivity index (χ2v) is 18.7. The lowest BCUT2D eigenvalue weighted by Crippen LogP contribution is -2.74. The van der Waals surface area contributed by atoms with Crippen molar-refractivity contribution in [2.75, 3.05) is 55.6 Å². The van der Waals surface area contributed by atoms with Crippen molar-refractivity contribution in [3.8, 4) is 11.8 Å². The number of carbonyl (C=O) groups is 5. The highest BCUT2D eigenvalue weighted by Crippen LogP contribution is 2.55. The first kappa shape index (κ1) is 42.1. The van der Waals surface area contributed by atoms with E-state index in [2.05, 4.69) is 59.1 Å². The van der Waals surface area contributed by atoms with Crippen LogP contribution in [0.1, 0.15) is 101 Å². The minimum Gasteiger partial charge on any atom is -0.489 e. The average molecular weight is 850 g/mol. The van der Waals surface area contributed by atoms with E-state index in [1.165, 1.54) is 0 Å². The summed E-state index contributed by atoms with van der Waals surface area (Å²) in [6.07, 6.45) is 1.99. The molecule has 1 unspecified atom stereocenters. The van der Waals surface area contributed by atoms with Crippen LogP contribution in [0.3, 0.4) is 0 Å². The zero-order valence-corrected chi connectivity index (χ0v) is 36.3. The van der Waals surface area contributed by atoms with E-state index in [-0.39, 0.29) is 36.5 Å². The number of nitrogens with zero attached hydrogens (tertiary/aromatic N) is 7. The number of nitrogens with one attached hydrogen (secondary N) is 2. The maximum absolute atomic E-state index is 13.9. The molecule has 4 fully saturated rings. The third kappa shape index (κ3) is 7.69. The smallest absolute Gasteiger partial charge is 0.262 e. The number of hydrogen-bond acceptors (Lipinski definition) is 12. The first-order chi connectivity index (χ1) is 29.0. The molecule has 3 aromatic rings. The fraction of sp³-hybridized carbons (Fsp3) is 0.511. The zero-order valence-electron chi connectivity index (χ0n) is 35.5. The number of halogens is 1. The number of carbonyl (C=O) groups excluding carboxylic acids is 5. The number of hydrogen-bond donors (Lipinski definition) is 2. The Kier molecular flexibility index (Phi) is 11.1. The van der Waals surface area contributed by atoms with Crippen molar-refractivity contribution in [2.24, 2.45) is 16.7 Å². The lowest BCUT2D eigenvalue weighted by atomic mass is 9.49. The standard InChI is InChI=1S/C45H52ClN9O6/c1-25-36(38(58)51-41-44(3,4)42(45(41,5)6)61-30-9-7-28(23-47)33(46)22-30)26(2)49-43(48-25)54-15-13-27(14-16-54)24-52-17-19-53(20-18-52)29-8-10-31-32(21-29)40(60)55(39(31)59)34-11-12-35(56)50-37(34)57/h7-10,21-22,27,34,41-42H,11-20,24H2,1-6H3,(H,51,58)(H,50,56,57)/t34?,41-,42-. The molecule has 5 amide bonds. The highest BCUT2D eigenvalue weighted by atomic mass is 35.5. The average Bonchev–Trinajstić information content (AvgIpc) is 3.47. The molecule has 2 aromatic carbocycles. The van der Waals surface area contributed by atoms with Crippen LogP contribution in [0, 0.1) is 41.9 Å². The van der Waals surface area contributed by atoms with E-state index in [1.54, 1.807) is 30.3 Å². The minimum absolute atomic E-state index is 0.0840. The van der Waals surface area contributed by atoms with Gasteiger partial charge in [0, 0.05) is 80.9 Å². The molecule has 15 nitrogen and oxygen atoms in total. The number of aromatic nitrogens is 2. The van der Waals surface area contributed by atoms with E-state index < -0.39 is 40.5 Å². The minimum atomic E-state index is -0.983. The summed E-state index contributed by atoms with van der Waals surface area (Å²) in [5.41, 5.74) is 2.79. The van der Waals surface area contributed by atoms with Crippen LogP contribution >= 0.6 is 11.6 Å². The fourth-order valence-electron chi connectivity index (χ4n) is 10.5. The summed E-state index contributed by atoms with van der Waals surface area (Å²) in [5, 5.41) is 15.1. The van der Waals surface area contributed by atoms with Gasteiger partial charge in [0.15, 0.2) is 0 Å². The monoisotopic (exact) mass is 849 g/mol. The Hall–Kier alpha value is -5.59. The van der Waals surface area contributed by atoms with Crippen molar-refractivity contribution >= 4 is 52.8 Å². The lowest BCUT2D eigenvalue weighted by Gasteiger charge is -2.63. The summed E-state index contributed by atoms with van der Waals surface area (Å²) in [6, 6.07) is 11.3. The molecule has 1 atom stereocenters. The molecular formula is C45H52ClN9O6. The fourth-order valence-corrected chi connectivity index (χ4v) is 10.7. The van der Waals surface area contributed by atoms with Gasteiger partial charge in [-0.1, -0.05) is 39.3 Å². The SMILES string of the molecule is Cc1nc(N2CCC(CN3CCN(c4ccc5c(c4)C(=O)N(C4CCC(=O)NC4=O)C5=O)CC3)CC2)nc(C)c1C(=O)N[C@H]1C(C)(C)[C@H](Oc2ccc(C#N)c(Cl)c2)C1(C)C. The number of piperazine rings is 1. The van der Waals surface area contributed by atoms with Crippen molar-refractivity contribution in [1.29, 1.82) is 5.26 Å². The predicted octanol–water partition coefficient (Wildman–Crippen LogP) is 4.67. The van der Waals surface area contributed by atoms with Crippen LogP contribution < -0.4 is 25.2 Å². The van der Waals surface area contributed by atoms with Gasteiger partial charge in [0.2, 0.25) is 17.8 Å². The number of imide groups is 2. The number of ether oxygens (including phenoxy) is 1. The summed E-state index contributed by atoms with van der Waals surface area (Å²) in [4.78, 5) is 82.1. The van der Waals surface area contributed by atoms with Crippen molar-refractivity contribution < 1.29 is 28.7 Å². The van der Waals surface area contributed by atoms with Crippen LogP contribution in [-0.4, -0.2) is 113 Å². The number of piperidine rings is 2. The van der Waals surface area contributed by atoms with Crippen LogP contribution in [0.15, 0.2) is 36.4 Å². The third-order valence-corrected chi connectivity index (χ3v) is 13.8.